The zero-order chi connectivity index (χ0) is 22.6. The summed E-state index contributed by atoms with van der Waals surface area (Å²) in [6.45, 7) is -0.0617. The van der Waals surface area contributed by atoms with Crippen molar-refractivity contribution in [1.29, 1.82) is 0 Å². The number of benzene rings is 3. The Labute approximate surface area is 189 Å². The Balaban J connectivity index is 1.93. The molecule has 0 spiro atoms. The average Bonchev–Trinajstić information content (AvgIpc) is 2.85. The number of rotatable bonds is 10. The van der Waals surface area contributed by atoms with E-state index >= 15 is 0 Å². The van der Waals surface area contributed by atoms with Crippen LogP contribution in [0, 0.1) is 18.3 Å². The van der Waals surface area contributed by atoms with Crippen LogP contribution in [0.15, 0.2) is 97.1 Å². The lowest BCUT2D eigenvalue weighted by molar-refractivity contribution is -0.142. The number of Topliss-reactive ketones (excluding diaryl/α,β-unsaturated/α-hetero) is 1. The molecule has 3 rings (SSSR count). The van der Waals surface area contributed by atoms with Crippen molar-refractivity contribution >= 4 is 17.8 Å². The first-order chi connectivity index (χ1) is 15.7. The molecule has 0 saturated carbocycles. The Kier molecular flexibility index (Phi) is 8.60. The minimum atomic E-state index is -0.373. The molecule has 0 fully saturated rings. The smallest absolute Gasteiger partial charge is 0.307 e. The van der Waals surface area contributed by atoms with E-state index in [1.807, 2.05) is 103 Å². The minimum Gasteiger partial charge on any atom is -0.452 e. The first-order valence-electron chi connectivity index (χ1n) is 10.6. The summed E-state index contributed by atoms with van der Waals surface area (Å²) in [6.07, 6.45) is 9.68. The lowest BCUT2D eigenvalue weighted by Crippen LogP contribution is -2.20. The van der Waals surface area contributed by atoms with Crippen molar-refractivity contribution in [2.75, 3.05) is 6.61 Å². The second-order valence-electron chi connectivity index (χ2n) is 7.51. The second kappa shape index (κ2) is 12.1. The summed E-state index contributed by atoms with van der Waals surface area (Å²) in [5.41, 5.74) is 2.67. The average molecular weight is 423 g/mol. The van der Waals surface area contributed by atoms with Gasteiger partial charge >= 0.3 is 5.97 Å². The molecule has 3 heteroatoms. The van der Waals surface area contributed by atoms with Crippen LogP contribution >= 0.6 is 0 Å². The van der Waals surface area contributed by atoms with E-state index in [-0.39, 0.29) is 43.0 Å². The van der Waals surface area contributed by atoms with Crippen molar-refractivity contribution in [1.82, 2.24) is 0 Å². The molecule has 160 valence electrons. The van der Waals surface area contributed by atoms with Gasteiger partial charge in [0.25, 0.3) is 0 Å². The molecule has 3 nitrogen and oxygen atoms in total. The highest BCUT2D eigenvalue weighted by molar-refractivity contribution is 5.96. The molecule has 32 heavy (non-hydrogen) atoms. The van der Waals surface area contributed by atoms with Crippen LogP contribution in [0.5, 0.6) is 0 Å². The molecule has 0 unspecified atom stereocenters. The molecule has 0 aliphatic rings. The molecule has 3 aromatic rings. The van der Waals surface area contributed by atoms with Crippen LogP contribution in [-0.2, 0) is 9.53 Å². The van der Waals surface area contributed by atoms with E-state index in [1.54, 1.807) is 0 Å². The van der Waals surface area contributed by atoms with Gasteiger partial charge in [0.2, 0.25) is 0 Å². The van der Waals surface area contributed by atoms with Crippen LogP contribution in [-0.4, -0.2) is 18.4 Å². The molecular formula is C29H26O3. The second-order valence-corrected chi connectivity index (χ2v) is 7.51. The number of esters is 1. The third kappa shape index (κ3) is 6.82. The number of terminal acetylenes is 1. The van der Waals surface area contributed by atoms with Crippen molar-refractivity contribution in [3.63, 3.8) is 0 Å². The molecule has 0 amide bonds. The first kappa shape index (κ1) is 22.8. The summed E-state index contributed by atoms with van der Waals surface area (Å²) < 4.78 is 5.16. The van der Waals surface area contributed by atoms with Gasteiger partial charge in [-0.15, -0.1) is 6.42 Å². The predicted molar refractivity (Wildman–Crippen MR) is 128 cm³/mol. The lowest BCUT2D eigenvalue weighted by Gasteiger charge is -2.24. The number of carbonyl (C=O) groups is 2. The summed E-state index contributed by atoms with van der Waals surface area (Å²) >= 11 is 0. The highest BCUT2D eigenvalue weighted by Crippen LogP contribution is 2.33. The molecule has 0 aromatic heterocycles. The van der Waals surface area contributed by atoms with E-state index in [0.717, 1.165) is 11.1 Å². The van der Waals surface area contributed by atoms with Gasteiger partial charge in [0.05, 0.1) is 6.42 Å². The summed E-state index contributed by atoms with van der Waals surface area (Å²) in [6, 6.07) is 28.9. The Morgan fingerprint density at radius 3 is 2.06 bits per heavy atom. The van der Waals surface area contributed by atoms with Crippen molar-refractivity contribution in [3.8, 4) is 12.3 Å². The summed E-state index contributed by atoms with van der Waals surface area (Å²) in [5, 5.41) is 0. The van der Waals surface area contributed by atoms with E-state index in [9.17, 15) is 9.59 Å². The first-order valence-corrected chi connectivity index (χ1v) is 10.6. The van der Waals surface area contributed by atoms with Gasteiger partial charge < -0.3 is 4.74 Å². The molecule has 3 aromatic carbocycles. The summed E-state index contributed by atoms with van der Waals surface area (Å²) in [4.78, 5) is 25.6. The zero-order valence-electron chi connectivity index (χ0n) is 17.9. The largest absolute Gasteiger partial charge is 0.452 e. The maximum absolute atomic E-state index is 13.1. The van der Waals surface area contributed by atoms with E-state index in [2.05, 4.69) is 5.92 Å². The van der Waals surface area contributed by atoms with Crippen LogP contribution in [0.4, 0.5) is 0 Å². The van der Waals surface area contributed by atoms with Gasteiger partial charge in [0.15, 0.2) is 12.4 Å². The highest BCUT2D eigenvalue weighted by atomic mass is 16.5. The summed E-state index contributed by atoms with van der Waals surface area (Å²) in [7, 11) is 0. The van der Waals surface area contributed by atoms with E-state index in [0.29, 0.717) is 5.56 Å². The molecular weight excluding hydrogens is 396 g/mol. The third-order valence-corrected chi connectivity index (χ3v) is 5.30. The number of carbonyl (C=O) groups excluding carboxylic acids is 2. The number of allylic oxidation sites excluding steroid dienone is 1. The van der Waals surface area contributed by atoms with Crippen molar-refractivity contribution < 1.29 is 14.3 Å². The van der Waals surface area contributed by atoms with Crippen LogP contribution in [0.1, 0.15) is 40.2 Å². The van der Waals surface area contributed by atoms with Gasteiger partial charge in [0.1, 0.15) is 0 Å². The van der Waals surface area contributed by atoms with Gasteiger partial charge in [-0.1, -0.05) is 109 Å². The molecule has 0 heterocycles. The molecule has 0 aliphatic carbocycles. The van der Waals surface area contributed by atoms with E-state index in [4.69, 9.17) is 11.2 Å². The number of hydrogen-bond donors (Lipinski definition) is 0. The Bertz CT molecular complexity index is 1060. The third-order valence-electron chi connectivity index (χ3n) is 5.30. The normalized spacial score (nSPS) is 12.6. The molecule has 0 saturated heterocycles. The maximum Gasteiger partial charge on any atom is 0.307 e. The Morgan fingerprint density at radius 2 is 1.44 bits per heavy atom. The van der Waals surface area contributed by atoms with Crippen molar-refractivity contribution in [3.05, 3.63) is 114 Å². The molecule has 2 atom stereocenters. The fourth-order valence-electron chi connectivity index (χ4n) is 3.68. The van der Waals surface area contributed by atoms with Crippen LogP contribution in [0.2, 0.25) is 0 Å². The van der Waals surface area contributed by atoms with Gasteiger partial charge in [-0.05, 0) is 17.0 Å². The number of ether oxygens (including phenoxy) is 1. The summed E-state index contributed by atoms with van der Waals surface area (Å²) in [5.74, 6) is 1.56. The van der Waals surface area contributed by atoms with Crippen molar-refractivity contribution in [2.45, 2.75) is 18.8 Å². The van der Waals surface area contributed by atoms with Crippen LogP contribution in [0.3, 0.4) is 0 Å². The lowest BCUT2D eigenvalue weighted by atomic mass is 9.79. The quantitative estimate of drug-likeness (QED) is 0.231. The molecule has 0 N–H and O–H groups in total. The van der Waals surface area contributed by atoms with E-state index < -0.39 is 0 Å². The molecule has 0 radical (unpaired) electrons. The minimum absolute atomic E-state index is 0.0336. The van der Waals surface area contributed by atoms with Crippen LogP contribution in [0.25, 0.3) is 6.08 Å². The topological polar surface area (TPSA) is 43.4 Å². The SMILES string of the molecule is C#CCOC(=O)C[C@@H](c1ccccc1)[C@H](/C=C/c1ccccc1)CC(=O)c1ccccc1. The predicted octanol–water partition coefficient (Wildman–Crippen LogP) is 5.94. The van der Waals surface area contributed by atoms with E-state index in [1.165, 1.54) is 0 Å². The van der Waals surface area contributed by atoms with Gasteiger partial charge in [-0.2, -0.15) is 0 Å². The highest BCUT2D eigenvalue weighted by Gasteiger charge is 2.27. The van der Waals surface area contributed by atoms with Crippen molar-refractivity contribution in [2.24, 2.45) is 5.92 Å². The van der Waals surface area contributed by atoms with Gasteiger partial charge in [-0.25, -0.2) is 0 Å². The standard InChI is InChI=1S/C29H26O3/c1-2-20-32-29(31)22-27(24-14-8-4-9-15-24)26(19-18-23-12-6-3-7-13-23)21-28(30)25-16-10-5-11-17-25/h1,3-19,26-27H,20-22H2/b19-18+/t26-,27+/m1/s1. The number of hydrogen-bond acceptors (Lipinski definition) is 3. The van der Waals surface area contributed by atoms with Gasteiger partial charge in [-0.3, -0.25) is 9.59 Å². The van der Waals surface area contributed by atoms with Crippen LogP contribution < -0.4 is 0 Å². The Morgan fingerprint density at radius 1 is 0.844 bits per heavy atom. The maximum atomic E-state index is 13.1. The van der Waals surface area contributed by atoms with Gasteiger partial charge in [0, 0.05) is 17.9 Å². The fourth-order valence-corrected chi connectivity index (χ4v) is 3.68. The Hall–Kier alpha value is -3.90. The zero-order valence-corrected chi connectivity index (χ0v) is 17.9. The monoisotopic (exact) mass is 422 g/mol. The fraction of sp³-hybridized carbons (Fsp3) is 0.172. The molecule has 0 bridgehead atoms. The molecule has 0 aliphatic heterocycles. The number of ketones is 1.